The van der Waals surface area contributed by atoms with Crippen molar-refractivity contribution >= 4 is 28.9 Å². The molecule has 2 fully saturated rings. The maximum absolute atomic E-state index is 13.2. The van der Waals surface area contributed by atoms with E-state index >= 15 is 0 Å². The van der Waals surface area contributed by atoms with Crippen LogP contribution in [0.5, 0.6) is 0 Å². The molecule has 186 valence electrons. The molecule has 35 heavy (non-hydrogen) atoms. The van der Waals surface area contributed by atoms with Crippen LogP contribution in [0.4, 0.5) is 17.3 Å². The number of nitrogens with zero attached hydrogens (tertiary/aromatic N) is 4. The molecule has 2 aliphatic rings. The quantitative estimate of drug-likeness (QED) is 0.403. The molecule has 1 amide bonds. The second-order valence-electron chi connectivity index (χ2n) is 9.48. The Kier molecular flexibility index (Phi) is 5.97. The molecule has 5 rings (SSSR count). The van der Waals surface area contributed by atoms with Crippen molar-refractivity contribution < 1.29 is 14.6 Å². The van der Waals surface area contributed by atoms with Crippen molar-refractivity contribution in [2.45, 2.75) is 62.8 Å². The average Bonchev–Trinajstić information content (AvgIpc) is 3.48. The smallest absolute Gasteiger partial charge is 0.274 e. The molecule has 4 atom stereocenters. The number of pyridine rings is 1. The molecule has 0 unspecified atom stereocenters. The van der Waals surface area contributed by atoms with E-state index in [1.807, 2.05) is 6.92 Å². The molecule has 3 heterocycles. The molecule has 3 aromatic heterocycles. The molecule has 0 aromatic carbocycles. The minimum atomic E-state index is -0.531. The van der Waals surface area contributed by atoms with Crippen molar-refractivity contribution in [3.05, 3.63) is 46.5 Å². The van der Waals surface area contributed by atoms with E-state index in [1.54, 1.807) is 47.6 Å². The van der Waals surface area contributed by atoms with Gasteiger partial charge in [-0.25, -0.2) is 4.98 Å². The summed E-state index contributed by atoms with van der Waals surface area (Å²) in [4.78, 5) is 30.9. The van der Waals surface area contributed by atoms with Gasteiger partial charge in [0.05, 0.1) is 30.0 Å². The number of aromatic nitrogens is 4. The topological polar surface area (TPSA) is 135 Å². The van der Waals surface area contributed by atoms with E-state index in [9.17, 15) is 14.7 Å². The van der Waals surface area contributed by atoms with Crippen molar-refractivity contribution in [1.82, 2.24) is 24.5 Å². The Hall–Kier alpha value is -3.44. The second kappa shape index (κ2) is 8.97. The van der Waals surface area contributed by atoms with E-state index in [0.717, 1.165) is 25.7 Å². The molecule has 0 spiro atoms. The van der Waals surface area contributed by atoms with Gasteiger partial charge in [0, 0.05) is 26.4 Å². The van der Waals surface area contributed by atoms with E-state index in [4.69, 9.17) is 4.74 Å². The minimum absolute atomic E-state index is 0.0891. The lowest BCUT2D eigenvalue weighted by Gasteiger charge is -2.45. The number of hydrogen-bond donors (Lipinski definition) is 4. The maximum Gasteiger partial charge on any atom is 0.274 e. The van der Waals surface area contributed by atoms with E-state index in [1.165, 1.54) is 6.20 Å². The predicted octanol–water partition coefficient (Wildman–Crippen LogP) is 2.06. The lowest BCUT2D eigenvalue weighted by atomic mass is 9.76. The van der Waals surface area contributed by atoms with Gasteiger partial charge in [-0.05, 0) is 51.2 Å². The van der Waals surface area contributed by atoms with Gasteiger partial charge < -0.3 is 30.4 Å². The van der Waals surface area contributed by atoms with Crippen LogP contribution in [0.2, 0.25) is 0 Å². The lowest BCUT2D eigenvalue weighted by Crippen LogP contribution is -2.59. The summed E-state index contributed by atoms with van der Waals surface area (Å²) < 4.78 is 8.69. The van der Waals surface area contributed by atoms with Gasteiger partial charge in [0.25, 0.3) is 11.5 Å². The molecule has 11 heteroatoms. The highest BCUT2D eigenvalue weighted by molar-refractivity contribution is 6.00. The molecule has 2 saturated carbocycles. The minimum Gasteiger partial charge on any atom is -0.391 e. The number of amides is 1. The highest BCUT2D eigenvalue weighted by Crippen LogP contribution is 2.35. The summed E-state index contributed by atoms with van der Waals surface area (Å²) in [6, 6.07) is 4.85. The standard InChI is InChI=1S/C24H31N7O4/c1-24(35-3)10-9-18(24)28-22(33)14-13-26-31-20(25-2)12-19(29-21(14)31)27-15-6-5-11-30(23(15)34)16-7-4-8-17(16)32/h5-6,11-13,16-18,25,32H,4,7-10H2,1-3H3,(H,27,29)(H,28,33)/t16-,17+,18+,24+/m0/s1. The number of hydrogen-bond acceptors (Lipinski definition) is 8. The molecule has 0 aliphatic heterocycles. The number of fused-ring (bicyclic) bond motifs is 1. The molecular formula is C24H31N7O4. The zero-order valence-corrected chi connectivity index (χ0v) is 20.1. The number of anilines is 3. The highest BCUT2D eigenvalue weighted by Gasteiger charge is 2.44. The fraction of sp³-hybridized carbons (Fsp3) is 0.500. The average molecular weight is 482 g/mol. The van der Waals surface area contributed by atoms with Crippen LogP contribution < -0.4 is 21.5 Å². The third-order valence-corrected chi connectivity index (χ3v) is 7.45. The molecular weight excluding hydrogens is 450 g/mol. The summed E-state index contributed by atoms with van der Waals surface area (Å²) in [5.41, 5.74) is 0.408. The number of ether oxygens (including phenoxy) is 1. The summed E-state index contributed by atoms with van der Waals surface area (Å²) in [6.07, 6.45) is 6.72. The summed E-state index contributed by atoms with van der Waals surface area (Å²) in [5.74, 6) is 0.713. The van der Waals surface area contributed by atoms with Crippen LogP contribution in [0.25, 0.3) is 5.65 Å². The van der Waals surface area contributed by atoms with Crippen LogP contribution in [0.15, 0.2) is 35.4 Å². The first-order chi connectivity index (χ1) is 16.8. The van der Waals surface area contributed by atoms with Gasteiger partial charge in [0.2, 0.25) is 0 Å². The van der Waals surface area contributed by atoms with Crippen LogP contribution in [-0.4, -0.2) is 62.1 Å². The number of aliphatic hydroxyl groups excluding tert-OH is 1. The van der Waals surface area contributed by atoms with Gasteiger partial charge in [-0.2, -0.15) is 9.61 Å². The van der Waals surface area contributed by atoms with Gasteiger partial charge in [0.15, 0.2) is 5.65 Å². The number of aliphatic hydroxyl groups is 1. The molecule has 11 nitrogen and oxygen atoms in total. The van der Waals surface area contributed by atoms with Gasteiger partial charge in [-0.1, -0.05) is 0 Å². The molecule has 4 N–H and O–H groups in total. The molecule has 3 aromatic rings. The Morgan fingerprint density at radius 1 is 1.31 bits per heavy atom. The van der Waals surface area contributed by atoms with Crippen molar-refractivity contribution in [2.75, 3.05) is 24.8 Å². The monoisotopic (exact) mass is 481 g/mol. The molecule has 2 aliphatic carbocycles. The first kappa shape index (κ1) is 23.3. The van der Waals surface area contributed by atoms with Crippen molar-refractivity contribution in [3.8, 4) is 0 Å². The largest absolute Gasteiger partial charge is 0.391 e. The summed E-state index contributed by atoms with van der Waals surface area (Å²) in [5, 5.41) is 23.8. The Bertz CT molecular complexity index is 1310. The van der Waals surface area contributed by atoms with Gasteiger partial charge in [-0.15, -0.1) is 0 Å². The van der Waals surface area contributed by atoms with Crippen LogP contribution in [-0.2, 0) is 4.74 Å². The Labute approximate surface area is 202 Å². The van der Waals surface area contributed by atoms with Gasteiger partial charge >= 0.3 is 0 Å². The highest BCUT2D eigenvalue weighted by atomic mass is 16.5. The first-order valence-electron chi connectivity index (χ1n) is 11.9. The van der Waals surface area contributed by atoms with Crippen molar-refractivity contribution in [2.24, 2.45) is 0 Å². The van der Waals surface area contributed by atoms with Crippen LogP contribution >= 0.6 is 0 Å². The van der Waals surface area contributed by atoms with Crippen molar-refractivity contribution in [1.29, 1.82) is 0 Å². The number of nitrogens with one attached hydrogen (secondary N) is 3. The molecule has 0 bridgehead atoms. The van der Waals surface area contributed by atoms with E-state index in [-0.39, 0.29) is 29.2 Å². The summed E-state index contributed by atoms with van der Waals surface area (Å²) in [6.45, 7) is 1.98. The van der Waals surface area contributed by atoms with E-state index in [0.29, 0.717) is 35.0 Å². The Morgan fingerprint density at radius 2 is 2.14 bits per heavy atom. The molecule has 0 saturated heterocycles. The van der Waals surface area contributed by atoms with Crippen LogP contribution in [0, 0.1) is 0 Å². The van der Waals surface area contributed by atoms with Gasteiger partial charge in [-0.3, -0.25) is 9.59 Å². The van der Waals surface area contributed by atoms with Crippen molar-refractivity contribution in [3.63, 3.8) is 0 Å². The second-order valence-corrected chi connectivity index (χ2v) is 9.48. The fourth-order valence-corrected chi connectivity index (χ4v) is 5.02. The number of carbonyl (C=O) groups excluding carboxylic acids is 1. The normalized spacial score (nSPS) is 25.9. The number of methoxy groups -OCH3 is 1. The van der Waals surface area contributed by atoms with E-state index in [2.05, 4.69) is 26.0 Å². The van der Waals surface area contributed by atoms with Gasteiger partial charge in [0.1, 0.15) is 22.9 Å². The maximum atomic E-state index is 13.2. The Morgan fingerprint density at radius 3 is 2.80 bits per heavy atom. The fourth-order valence-electron chi connectivity index (χ4n) is 5.02. The zero-order chi connectivity index (χ0) is 24.7. The predicted molar refractivity (Wildman–Crippen MR) is 131 cm³/mol. The summed E-state index contributed by atoms with van der Waals surface area (Å²) >= 11 is 0. The van der Waals surface area contributed by atoms with Crippen LogP contribution in [0.1, 0.15) is 55.4 Å². The van der Waals surface area contributed by atoms with E-state index < -0.39 is 6.10 Å². The lowest BCUT2D eigenvalue weighted by molar-refractivity contribution is -0.0828. The zero-order valence-electron chi connectivity index (χ0n) is 20.1. The summed E-state index contributed by atoms with van der Waals surface area (Å²) in [7, 11) is 3.40. The Balaban J connectivity index is 1.46. The third kappa shape index (κ3) is 4.04. The third-order valence-electron chi connectivity index (χ3n) is 7.45. The SMILES string of the molecule is CNc1cc(Nc2cccn([C@H]3CCC[C@H]3O)c2=O)nc2c(C(=O)N[C@@H]3CC[C@@]3(C)OC)cnn12. The van der Waals surface area contributed by atoms with Crippen LogP contribution in [0.3, 0.4) is 0 Å². The first-order valence-corrected chi connectivity index (χ1v) is 11.9. The number of rotatable bonds is 7. The molecule has 0 radical (unpaired) electrons. The number of carbonyl (C=O) groups is 1.